The van der Waals surface area contributed by atoms with Gasteiger partial charge in [-0.3, -0.25) is 0 Å². The zero-order valence-corrected chi connectivity index (χ0v) is 16.3. The monoisotopic (exact) mass is 437 g/mol. The molecule has 1 aliphatic heterocycles. The highest BCUT2D eigenvalue weighted by molar-refractivity contribution is 9.10. The van der Waals surface area contributed by atoms with Crippen molar-refractivity contribution < 1.29 is 22.7 Å². The van der Waals surface area contributed by atoms with Crippen molar-refractivity contribution in [2.24, 2.45) is 5.92 Å². The molecule has 0 bridgehead atoms. The van der Waals surface area contributed by atoms with Crippen molar-refractivity contribution in [1.82, 2.24) is 4.90 Å². The fourth-order valence-electron chi connectivity index (χ4n) is 2.69. The van der Waals surface area contributed by atoms with Crippen molar-refractivity contribution >= 4 is 33.4 Å². The van der Waals surface area contributed by atoms with Crippen LogP contribution in [0.2, 0.25) is 0 Å². The van der Waals surface area contributed by atoms with E-state index in [2.05, 4.69) is 21.2 Å². The van der Waals surface area contributed by atoms with E-state index in [1.54, 1.807) is 4.90 Å². The van der Waals surface area contributed by atoms with E-state index in [1.165, 1.54) is 6.07 Å². The van der Waals surface area contributed by atoms with Gasteiger partial charge in [0.2, 0.25) is 0 Å². The Hall–Kier alpha value is -1.64. The van der Waals surface area contributed by atoms with Gasteiger partial charge in [-0.05, 0) is 30.9 Å². The summed E-state index contributed by atoms with van der Waals surface area (Å²) in [6.07, 6.45) is -3.47. The molecule has 0 atom stereocenters. The Kier molecular flexibility index (Phi) is 6.65. The Morgan fingerprint density at radius 2 is 2.00 bits per heavy atom. The van der Waals surface area contributed by atoms with Crippen LogP contribution in [0.25, 0.3) is 0 Å². The number of carbonyl (C=O) groups is 1. The number of nitrogen functional groups attached to an aromatic ring is 1. The second kappa shape index (κ2) is 8.37. The molecule has 0 unspecified atom stereocenters. The number of piperidine rings is 1. The first-order chi connectivity index (χ1) is 12.1. The van der Waals surface area contributed by atoms with E-state index in [0.717, 1.165) is 6.07 Å². The predicted molar refractivity (Wildman–Crippen MR) is 98.0 cm³/mol. The fraction of sp³-hybridized carbons (Fsp3) is 0.588. The van der Waals surface area contributed by atoms with Crippen LogP contribution in [0.3, 0.4) is 0 Å². The number of likely N-dealkylation sites (tertiary alicyclic amines) is 1. The average Bonchev–Trinajstić information content (AvgIpc) is 2.55. The van der Waals surface area contributed by atoms with Gasteiger partial charge in [-0.1, -0.05) is 29.8 Å². The van der Waals surface area contributed by atoms with Crippen molar-refractivity contribution in [1.29, 1.82) is 0 Å². The fourth-order valence-corrected chi connectivity index (χ4v) is 3.26. The Labute approximate surface area is 159 Å². The molecule has 146 valence electrons. The standard InChI is InChI=1S/C17H23BrF3N3O2/c1-10(2)9-26-16(25)24-5-3-11(4-6-24)23-15-8-13(18)12(7-14(15)22)17(19,20)21/h7-8,10-11,23H,3-6,9,22H2,1-2H3. The molecule has 2 rings (SSSR count). The van der Waals surface area contributed by atoms with Crippen LogP contribution in [0.1, 0.15) is 32.3 Å². The lowest BCUT2D eigenvalue weighted by atomic mass is 10.0. The molecule has 9 heteroatoms. The lowest BCUT2D eigenvalue weighted by Crippen LogP contribution is -2.43. The Morgan fingerprint density at radius 1 is 1.38 bits per heavy atom. The summed E-state index contributed by atoms with van der Waals surface area (Å²) in [5.41, 5.74) is 5.47. The van der Waals surface area contributed by atoms with Crippen LogP contribution in [0.15, 0.2) is 16.6 Å². The van der Waals surface area contributed by atoms with Gasteiger partial charge in [-0.25, -0.2) is 4.79 Å². The van der Waals surface area contributed by atoms with E-state index < -0.39 is 11.7 Å². The van der Waals surface area contributed by atoms with Gasteiger partial charge in [-0.15, -0.1) is 0 Å². The van der Waals surface area contributed by atoms with Crippen LogP contribution in [-0.2, 0) is 10.9 Å². The molecule has 1 aliphatic rings. The van der Waals surface area contributed by atoms with Crippen LogP contribution in [0.5, 0.6) is 0 Å². The molecule has 0 aromatic heterocycles. The molecule has 0 saturated carbocycles. The number of nitrogens with one attached hydrogen (secondary N) is 1. The van der Waals surface area contributed by atoms with Crippen molar-refractivity contribution in [2.75, 3.05) is 30.7 Å². The lowest BCUT2D eigenvalue weighted by Gasteiger charge is -2.32. The number of anilines is 2. The van der Waals surface area contributed by atoms with E-state index >= 15 is 0 Å². The van der Waals surface area contributed by atoms with E-state index in [1.807, 2.05) is 13.8 Å². The second-order valence-electron chi connectivity index (χ2n) is 6.79. The molecular weight excluding hydrogens is 415 g/mol. The molecule has 1 aromatic carbocycles. The van der Waals surface area contributed by atoms with Crippen molar-refractivity contribution in [3.63, 3.8) is 0 Å². The van der Waals surface area contributed by atoms with Gasteiger partial charge in [0.05, 0.1) is 23.5 Å². The van der Waals surface area contributed by atoms with Crippen LogP contribution in [0.4, 0.5) is 29.3 Å². The van der Waals surface area contributed by atoms with Crippen molar-refractivity contribution in [3.8, 4) is 0 Å². The van der Waals surface area contributed by atoms with Crippen LogP contribution in [0, 0.1) is 5.92 Å². The third kappa shape index (κ3) is 5.43. The van der Waals surface area contributed by atoms with Gasteiger partial charge in [0.15, 0.2) is 0 Å². The van der Waals surface area contributed by atoms with Crippen molar-refractivity contribution in [3.05, 3.63) is 22.2 Å². The van der Waals surface area contributed by atoms with Gasteiger partial charge < -0.3 is 20.7 Å². The number of ether oxygens (including phenoxy) is 1. The molecule has 1 saturated heterocycles. The molecule has 1 aromatic rings. The van der Waals surface area contributed by atoms with Gasteiger partial charge in [-0.2, -0.15) is 13.2 Å². The third-order valence-corrected chi connectivity index (χ3v) is 4.75. The minimum atomic E-state index is -4.47. The Morgan fingerprint density at radius 3 is 2.54 bits per heavy atom. The maximum atomic E-state index is 12.9. The topological polar surface area (TPSA) is 67.6 Å². The number of nitrogens with zero attached hydrogens (tertiary/aromatic N) is 1. The number of hydrogen-bond donors (Lipinski definition) is 2. The summed E-state index contributed by atoms with van der Waals surface area (Å²) in [7, 11) is 0. The number of amides is 1. The van der Waals surface area contributed by atoms with E-state index in [0.29, 0.717) is 38.2 Å². The summed E-state index contributed by atoms with van der Waals surface area (Å²) >= 11 is 2.95. The first kappa shape index (κ1) is 20.7. The Balaban J connectivity index is 1.93. The molecule has 0 radical (unpaired) electrons. The average molecular weight is 438 g/mol. The lowest BCUT2D eigenvalue weighted by molar-refractivity contribution is -0.138. The zero-order chi connectivity index (χ0) is 19.5. The summed E-state index contributed by atoms with van der Waals surface area (Å²) in [5.74, 6) is 0.277. The summed E-state index contributed by atoms with van der Waals surface area (Å²) in [4.78, 5) is 13.6. The second-order valence-corrected chi connectivity index (χ2v) is 7.65. The van der Waals surface area contributed by atoms with Gasteiger partial charge in [0.25, 0.3) is 0 Å². The van der Waals surface area contributed by atoms with E-state index in [9.17, 15) is 18.0 Å². The van der Waals surface area contributed by atoms with E-state index in [4.69, 9.17) is 10.5 Å². The molecule has 1 amide bonds. The summed E-state index contributed by atoms with van der Waals surface area (Å²) in [6.45, 7) is 5.37. The number of hydrogen-bond acceptors (Lipinski definition) is 4. The van der Waals surface area contributed by atoms with Gasteiger partial charge >= 0.3 is 12.3 Å². The quantitative estimate of drug-likeness (QED) is 0.668. The minimum Gasteiger partial charge on any atom is -0.449 e. The number of carbonyl (C=O) groups excluding carboxylic acids is 1. The Bertz CT molecular complexity index is 645. The maximum Gasteiger partial charge on any atom is 0.417 e. The highest BCUT2D eigenvalue weighted by Gasteiger charge is 2.34. The van der Waals surface area contributed by atoms with E-state index in [-0.39, 0.29) is 28.2 Å². The summed E-state index contributed by atoms with van der Waals surface area (Å²) in [6, 6.07) is 2.29. The van der Waals surface area contributed by atoms with Gasteiger partial charge in [0.1, 0.15) is 0 Å². The molecule has 5 nitrogen and oxygen atoms in total. The van der Waals surface area contributed by atoms with Crippen LogP contribution >= 0.6 is 15.9 Å². The summed E-state index contributed by atoms with van der Waals surface area (Å²) < 4.78 is 43.8. The van der Waals surface area contributed by atoms with Gasteiger partial charge in [0, 0.05) is 23.6 Å². The first-order valence-electron chi connectivity index (χ1n) is 8.42. The SMILES string of the molecule is CC(C)COC(=O)N1CCC(Nc2cc(Br)c(C(F)(F)F)cc2N)CC1. The number of alkyl halides is 3. The largest absolute Gasteiger partial charge is 0.449 e. The number of rotatable bonds is 4. The third-order valence-electron chi connectivity index (χ3n) is 4.10. The molecule has 26 heavy (non-hydrogen) atoms. The number of nitrogens with two attached hydrogens (primary N) is 1. The minimum absolute atomic E-state index is 0.0232. The molecular formula is C17H23BrF3N3O2. The maximum absolute atomic E-state index is 12.9. The smallest absolute Gasteiger partial charge is 0.417 e. The molecule has 0 aliphatic carbocycles. The first-order valence-corrected chi connectivity index (χ1v) is 9.21. The molecule has 1 fully saturated rings. The number of halogens is 4. The molecule has 3 N–H and O–H groups in total. The van der Waals surface area contributed by atoms with Crippen LogP contribution in [-0.4, -0.2) is 36.7 Å². The summed E-state index contributed by atoms with van der Waals surface area (Å²) in [5, 5.41) is 3.18. The zero-order valence-electron chi connectivity index (χ0n) is 14.7. The predicted octanol–water partition coefficient (Wildman–Crippen LogP) is 4.72. The molecule has 1 heterocycles. The number of benzene rings is 1. The normalized spacial score (nSPS) is 16.0. The van der Waals surface area contributed by atoms with Crippen LogP contribution < -0.4 is 11.1 Å². The molecule has 0 spiro atoms. The van der Waals surface area contributed by atoms with Crippen molar-refractivity contribution in [2.45, 2.75) is 38.9 Å². The highest BCUT2D eigenvalue weighted by atomic mass is 79.9. The highest BCUT2D eigenvalue weighted by Crippen LogP contribution is 2.39.